The molecule has 0 spiro atoms. The average Bonchev–Trinajstić information content (AvgIpc) is 3.06. The van der Waals surface area contributed by atoms with Crippen LogP contribution in [0.2, 0.25) is 0 Å². The Kier molecular flexibility index (Phi) is 6.51. The summed E-state index contributed by atoms with van der Waals surface area (Å²) in [6.07, 6.45) is 3.96. The molecule has 3 N–H and O–H groups in total. The molecule has 26 heavy (non-hydrogen) atoms. The van der Waals surface area contributed by atoms with Crippen molar-refractivity contribution < 1.29 is 9.18 Å². The Hall–Kier alpha value is -1.21. The molecule has 1 aromatic carbocycles. The minimum Gasteiger partial charge on any atom is -0.341 e. The SMILES string of the molecule is Cl.O=C(C1NNC2CCNCC21)N1CCC(Cc2cccc(F)c2)CC1. The van der Waals surface area contributed by atoms with Crippen LogP contribution in [0.15, 0.2) is 24.3 Å². The van der Waals surface area contributed by atoms with Crippen LogP contribution in [0.3, 0.4) is 0 Å². The number of carbonyl (C=O) groups excluding carboxylic acids is 1. The van der Waals surface area contributed by atoms with Gasteiger partial charge >= 0.3 is 0 Å². The maximum absolute atomic E-state index is 13.3. The van der Waals surface area contributed by atoms with Gasteiger partial charge in [0.15, 0.2) is 0 Å². The first-order valence-corrected chi connectivity index (χ1v) is 9.46. The Morgan fingerprint density at radius 3 is 2.77 bits per heavy atom. The van der Waals surface area contributed by atoms with Gasteiger partial charge in [0.2, 0.25) is 5.91 Å². The van der Waals surface area contributed by atoms with E-state index in [2.05, 4.69) is 16.2 Å². The molecule has 0 aliphatic carbocycles. The number of piperidine rings is 2. The predicted octanol–water partition coefficient (Wildman–Crippen LogP) is 1.48. The fourth-order valence-electron chi connectivity index (χ4n) is 4.51. The number of halogens is 2. The fourth-order valence-corrected chi connectivity index (χ4v) is 4.51. The van der Waals surface area contributed by atoms with Crippen LogP contribution in [0.25, 0.3) is 0 Å². The number of rotatable bonds is 3. The Morgan fingerprint density at radius 2 is 2.00 bits per heavy atom. The summed E-state index contributed by atoms with van der Waals surface area (Å²) in [4.78, 5) is 14.9. The van der Waals surface area contributed by atoms with Crippen LogP contribution in [-0.4, -0.2) is 49.1 Å². The van der Waals surface area contributed by atoms with E-state index in [1.54, 1.807) is 12.1 Å². The van der Waals surface area contributed by atoms with Crippen molar-refractivity contribution in [2.24, 2.45) is 11.8 Å². The van der Waals surface area contributed by atoms with E-state index in [1.165, 1.54) is 6.07 Å². The van der Waals surface area contributed by atoms with E-state index in [0.717, 1.165) is 57.4 Å². The number of hydrogen-bond donors (Lipinski definition) is 3. The van der Waals surface area contributed by atoms with Gasteiger partial charge in [0, 0.05) is 31.6 Å². The van der Waals surface area contributed by atoms with Crippen molar-refractivity contribution in [3.8, 4) is 0 Å². The van der Waals surface area contributed by atoms with Gasteiger partial charge in [-0.3, -0.25) is 10.2 Å². The van der Waals surface area contributed by atoms with Crippen LogP contribution in [0.1, 0.15) is 24.8 Å². The first-order chi connectivity index (χ1) is 12.2. The van der Waals surface area contributed by atoms with Gasteiger partial charge in [0.05, 0.1) is 0 Å². The Balaban J connectivity index is 0.00000196. The van der Waals surface area contributed by atoms with Crippen molar-refractivity contribution in [1.29, 1.82) is 0 Å². The summed E-state index contributed by atoms with van der Waals surface area (Å²) >= 11 is 0. The summed E-state index contributed by atoms with van der Waals surface area (Å²) in [5.41, 5.74) is 7.59. The van der Waals surface area contributed by atoms with Crippen LogP contribution >= 0.6 is 12.4 Å². The third kappa shape index (κ3) is 4.19. The Morgan fingerprint density at radius 1 is 1.19 bits per heavy atom. The average molecular weight is 383 g/mol. The standard InChI is InChI=1S/C19H27FN4O.ClH/c20-15-3-1-2-14(11-15)10-13-5-8-24(9-6-13)19(25)18-16-12-21-7-4-17(16)22-23-18;/h1-3,11,13,16-18,21-23H,4-10,12H2;1H. The molecule has 0 bridgehead atoms. The number of hydrogen-bond acceptors (Lipinski definition) is 4. The monoisotopic (exact) mass is 382 g/mol. The molecule has 1 amide bonds. The van der Waals surface area contributed by atoms with E-state index < -0.39 is 0 Å². The number of carbonyl (C=O) groups is 1. The number of benzene rings is 1. The third-order valence-electron chi connectivity index (χ3n) is 5.99. The molecule has 7 heteroatoms. The molecule has 4 rings (SSSR count). The summed E-state index contributed by atoms with van der Waals surface area (Å²) in [5.74, 6) is 0.935. The zero-order chi connectivity index (χ0) is 17.2. The molecule has 3 atom stereocenters. The molecule has 0 saturated carbocycles. The largest absolute Gasteiger partial charge is 0.341 e. The molecule has 3 heterocycles. The first-order valence-electron chi connectivity index (χ1n) is 9.46. The lowest BCUT2D eigenvalue weighted by molar-refractivity contribution is -0.135. The van der Waals surface area contributed by atoms with Crippen LogP contribution in [0.4, 0.5) is 4.39 Å². The van der Waals surface area contributed by atoms with Gasteiger partial charge in [-0.2, -0.15) is 0 Å². The van der Waals surface area contributed by atoms with E-state index in [4.69, 9.17) is 0 Å². The highest BCUT2D eigenvalue weighted by Crippen LogP contribution is 2.26. The molecule has 3 aliphatic heterocycles. The second-order valence-electron chi connectivity index (χ2n) is 7.63. The van der Waals surface area contributed by atoms with Gasteiger partial charge in [-0.05, 0) is 55.8 Å². The number of amides is 1. The summed E-state index contributed by atoms with van der Waals surface area (Å²) in [7, 11) is 0. The highest BCUT2D eigenvalue weighted by Gasteiger charge is 2.43. The molecule has 144 valence electrons. The molecule has 3 unspecified atom stereocenters. The lowest BCUT2D eigenvalue weighted by atomic mass is 9.87. The molecule has 3 fully saturated rings. The molecule has 0 aromatic heterocycles. The van der Waals surface area contributed by atoms with Gasteiger partial charge in [-0.15, -0.1) is 12.4 Å². The lowest BCUT2D eigenvalue weighted by Crippen LogP contribution is -2.52. The molecular weight excluding hydrogens is 355 g/mol. The van der Waals surface area contributed by atoms with Crippen molar-refractivity contribution in [1.82, 2.24) is 21.1 Å². The van der Waals surface area contributed by atoms with Crippen LogP contribution in [-0.2, 0) is 11.2 Å². The van der Waals surface area contributed by atoms with Crippen LogP contribution in [0, 0.1) is 17.7 Å². The zero-order valence-corrected chi connectivity index (χ0v) is 15.7. The van der Waals surface area contributed by atoms with E-state index in [9.17, 15) is 9.18 Å². The molecule has 3 aliphatic rings. The molecule has 0 radical (unpaired) electrons. The quantitative estimate of drug-likeness (QED) is 0.741. The van der Waals surface area contributed by atoms with Crippen molar-refractivity contribution in [2.75, 3.05) is 26.2 Å². The lowest BCUT2D eigenvalue weighted by Gasteiger charge is -2.35. The number of hydrazine groups is 1. The van der Waals surface area contributed by atoms with E-state index in [0.29, 0.717) is 17.9 Å². The summed E-state index contributed by atoms with van der Waals surface area (Å²) in [5, 5.41) is 3.40. The zero-order valence-electron chi connectivity index (χ0n) is 14.9. The second kappa shape index (κ2) is 8.65. The van der Waals surface area contributed by atoms with Crippen LogP contribution in [0.5, 0.6) is 0 Å². The predicted molar refractivity (Wildman–Crippen MR) is 101 cm³/mol. The fraction of sp³-hybridized carbons (Fsp3) is 0.632. The highest BCUT2D eigenvalue weighted by atomic mass is 35.5. The van der Waals surface area contributed by atoms with E-state index >= 15 is 0 Å². The number of nitrogens with one attached hydrogen (secondary N) is 3. The van der Waals surface area contributed by atoms with Gasteiger partial charge in [-0.1, -0.05) is 12.1 Å². The maximum atomic E-state index is 13.3. The minimum atomic E-state index is -0.166. The number of fused-ring (bicyclic) bond motifs is 1. The smallest absolute Gasteiger partial charge is 0.241 e. The normalized spacial score (nSPS) is 29.1. The Labute approximate surface area is 160 Å². The van der Waals surface area contributed by atoms with Gasteiger partial charge in [-0.25, -0.2) is 9.82 Å². The number of likely N-dealkylation sites (tertiary alicyclic amines) is 1. The summed E-state index contributed by atoms with van der Waals surface area (Å²) < 4.78 is 13.3. The minimum absolute atomic E-state index is 0. The van der Waals surface area contributed by atoms with Gasteiger partial charge < -0.3 is 10.2 Å². The van der Waals surface area contributed by atoms with Crippen molar-refractivity contribution in [2.45, 2.75) is 37.8 Å². The molecular formula is C19H28ClFN4O. The molecule has 1 aromatic rings. The third-order valence-corrected chi connectivity index (χ3v) is 5.99. The second-order valence-corrected chi connectivity index (χ2v) is 7.63. The van der Waals surface area contributed by atoms with Crippen LogP contribution < -0.4 is 16.2 Å². The summed E-state index contributed by atoms with van der Waals surface area (Å²) in [6, 6.07) is 7.17. The first kappa shape index (κ1) is 19.5. The number of nitrogens with zero attached hydrogens (tertiary/aromatic N) is 1. The van der Waals surface area contributed by atoms with E-state index in [1.807, 2.05) is 11.0 Å². The highest BCUT2D eigenvalue weighted by molar-refractivity contribution is 5.85. The van der Waals surface area contributed by atoms with Crippen molar-refractivity contribution >= 4 is 18.3 Å². The maximum Gasteiger partial charge on any atom is 0.241 e. The topological polar surface area (TPSA) is 56.4 Å². The molecule has 5 nitrogen and oxygen atoms in total. The Bertz CT molecular complexity index is 623. The van der Waals surface area contributed by atoms with Gasteiger partial charge in [0.1, 0.15) is 11.9 Å². The summed E-state index contributed by atoms with van der Waals surface area (Å²) in [6.45, 7) is 3.53. The van der Waals surface area contributed by atoms with Crippen molar-refractivity contribution in [3.05, 3.63) is 35.6 Å². The van der Waals surface area contributed by atoms with Crippen molar-refractivity contribution in [3.63, 3.8) is 0 Å². The molecule has 3 saturated heterocycles. The van der Waals surface area contributed by atoms with Gasteiger partial charge in [0.25, 0.3) is 0 Å². The van der Waals surface area contributed by atoms with E-state index in [-0.39, 0.29) is 30.2 Å².